The van der Waals surface area contributed by atoms with Crippen molar-refractivity contribution in [3.8, 4) is 157 Å². The van der Waals surface area contributed by atoms with E-state index in [4.69, 9.17) is 29.9 Å². The first-order chi connectivity index (χ1) is 60.5. The molecule has 0 aliphatic heterocycles. The van der Waals surface area contributed by atoms with Gasteiger partial charge in [0.25, 0.3) is 0 Å². The smallest absolute Gasteiger partial charge is 0.0900 e. The van der Waals surface area contributed by atoms with Crippen molar-refractivity contribution < 1.29 is 0 Å². The first-order valence-corrected chi connectivity index (χ1v) is 41.0. The van der Waals surface area contributed by atoms with Crippen LogP contribution in [0.25, 0.3) is 233 Å². The third-order valence-electron chi connectivity index (χ3n) is 23.4. The minimum atomic E-state index is 0.819. The van der Waals surface area contributed by atoms with E-state index in [0.29, 0.717) is 0 Å². The van der Waals surface area contributed by atoms with Crippen LogP contribution in [0.3, 0.4) is 0 Å². The second-order valence-electron chi connectivity index (χ2n) is 30.7. The van der Waals surface area contributed by atoms with E-state index in [9.17, 15) is 0 Å². The Morgan fingerprint density at radius 2 is 0.443 bits per heavy atom. The molecule has 0 bridgehead atoms. The molecule has 0 saturated heterocycles. The summed E-state index contributed by atoms with van der Waals surface area (Å²) >= 11 is 0. The molecule has 0 radical (unpaired) electrons. The molecule has 14 aromatic carbocycles. The van der Waals surface area contributed by atoms with Gasteiger partial charge in [0.15, 0.2) is 0 Å². The molecule has 122 heavy (non-hydrogen) atoms. The molecule has 9 aromatic heterocycles. The van der Waals surface area contributed by atoms with Crippen LogP contribution in [0.2, 0.25) is 0 Å². The minimum Gasteiger partial charge on any atom is -0.255 e. The molecule has 23 aromatic rings. The van der Waals surface area contributed by atoms with Gasteiger partial charge in [-0.05, 0) is 245 Å². The predicted octanol–water partition coefficient (Wildman–Crippen LogP) is 28.8. The van der Waals surface area contributed by atoms with E-state index in [2.05, 4.69) is 336 Å². The summed E-state index contributed by atoms with van der Waals surface area (Å²) in [7, 11) is 0. The maximum absolute atomic E-state index is 4.98. The van der Waals surface area contributed by atoms with Crippen LogP contribution < -0.4 is 0 Å². The van der Waals surface area contributed by atoms with Crippen LogP contribution in [0.5, 0.6) is 0 Å². The van der Waals surface area contributed by atoms with Crippen molar-refractivity contribution in [2.75, 3.05) is 0 Å². The van der Waals surface area contributed by atoms with Gasteiger partial charge in [0.2, 0.25) is 0 Å². The molecule has 1 aliphatic rings. The second kappa shape index (κ2) is 31.2. The highest BCUT2D eigenvalue weighted by atomic mass is 14.8. The largest absolute Gasteiger partial charge is 0.255 e. The Morgan fingerprint density at radius 1 is 0.131 bits per heavy atom. The van der Waals surface area contributed by atoms with E-state index in [1.54, 1.807) is 18.6 Å². The van der Waals surface area contributed by atoms with Crippen molar-refractivity contribution >= 4 is 75.4 Å². The van der Waals surface area contributed by atoms with E-state index in [1.807, 2.05) is 91.4 Å². The van der Waals surface area contributed by atoms with Crippen LogP contribution >= 0.6 is 0 Å². The zero-order chi connectivity index (χ0) is 80.8. The molecule has 1 aliphatic carbocycles. The van der Waals surface area contributed by atoms with Crippen LogP contribution in [0.4, 0.5) is 0 Å². The van der Waals surface area contributed by atoms with E-state index in [1.165, 1.54) is 109 Å². The SMILES string of the molecule is c1ccc(-c2cc(-c3ccccn3)nc(-c3ccc(-c4ccc5c6c(cccc46)-c4ccccc4-5)cn3)c2)cc1.c1ccc(-c2cc(-c3ccccn3)nc(-c3ccc(-c4ccc5c6ccccc6c6ccccc6c5c4)cn3)c2)cc1.c1ccc(-c2cc(-c3ccccn3)nc(-c3ccc(-c4ccc5ccc6cccc7ccc4c5c67)cn3)c2)cc1. The van der Waals surface area contributed by atoms with E-state index >= 15 is 0 Å². The molecule has 9 heterocycles. The normalized spacial score (nSPS) is 11.4. The lowest BCUT2D eigenvalue weighted by atomic mass is 9.90. The molecule has 568 valence electrons. The zero-order valence-corrected chi connectivity index (χ0v) is 66.0. The summed E-state index contributed by atoms with van der Waals surface area (Å²) in [5.41, 5.74) is 28.6. The van der Waals surface area contributed by atoms with Gasteiger partial charge in [-0.3, -0.25) is 29.9 Å². The van der Waals surface area contributed by atoms with Crippen LogP contribution in [-0.4, -0.2) is 44.9 Å². The molecular weight excluding hydrogens is 1480 g/mol. The highest BCUT2D eigenvalue weighted by Crippen LogP contribution is 2.50. The molecule has 0 amide bonds. The van der Waals surface area contributed by atoms with Crippen molar-refractivity contribution in [1.29, 1.82) is 0 Å². The third-order valence-corrected chi connectivity index (χ3v) is 23.4. The van der Waals surface area contributed by atoms with Crippen molar-refractivity contribution in [3.63, 3.8) is 0 Å². The third kappa shape index (κ3) is 13.5. The van der Waals surface area contributed by atoms with Crippen LogP contribution in [0, 0.1) is 0 Å². The number of hydrogen-bond donors (Lipinski definition) is 0. The lowest BCUT2D eigenvalue weighted by molar-refractivity contribution is 1.22. The monoisotopic (exact) mass is 1550 g/mol. The maximum Gasteiger partial charge on any atom is 0.0900 e. The van der Waals surface area contributed by atoms with Gasteiger partial charge in [-0.1, -0.05) is 297 Å². The number of benzene rings is 14. The van der Waals surface area contributed by atoms with Gasteiger partial charge >= 0.3 is 0 Å². The summed E-state index contributed by atoms with van der Waals surface area (Å²) in [6.07, 6.45) is 11.3. The molecule has 9 heteroatoms. The van der Waals surface area contributed by atoms with Gasteiger partial charge in [0, 0.05) is 53.9 Å². The summed E-state index contributed by atoms with van der Waals surface area (Å²) in [6.45, 7) is 0. The molecule has 9 nitrogen and oxygen atoms in total. The average molecular weight is 1550 g/mol. The summed E-state index contributed by atoms with van der Waals surface area (Å²) < 4.78 is 0. The van der Waals surface area contributed by atoms with Gasteiger partial charge < -0.3 is 0 Å². The molecule has 0 unspecified atom stereocenters. The zero-order valence-electron chi connectivity index (χ0n) is 66.0. The van der Waals surface area contributed by atoms with Gasteiger partial charge in [-0.15, -0.1) is 0 Å². The minimum absolute atomic E-state index is 0.819. The number of nitrogens with zero attached hydrogens (tertiary/aromatic N) is 9. The van der Waals surface area contributed by atoms with Crippen molar-refractivity contribution in [2.24, 2.45) is 0 Å². The Hall–Kier alpha value is -16.5. The topological polar surface area (TPSA) is 116 Å². The van der Waals surface area contributed by atoms with Crippen molar-refractivity contribution in [2.45, 2.75) is 0 Å². The Labute approximate surface area is 704 Å². The number of pyridine rings is 9. The Balaban J connectivity index is 0.000000109. The van der Waals surface area contributed by atoms with E-state index < -0.39 is 0 Å². The fraction of sp³-hybridized carbons (Fsp3) is 0. The van der Waals surface area contributed by atoms with E-state index in [-0.39, 0.29) is 0 Å². The average Bonchev–Trinajstić information content (AvgIpc) is 1.69. The van der Waals surface area contributed by atoms with Crippen molar-refractivity contribution in [3.05, 3.63) is 431 Å². The first kappa shape index (κ1) is 72.0. The van der Waals surface area contributed by atoms with Crippen molar-refractivity contribution in [1.82, 2.24) is 44.9 Å². The van der Waals surface area contributed by atoms with Gasteiger partial charge in [0.05, 0.1) is 68.3 Å². The highest BCUT2D eigenvalue weighted by Gasteiger charge is 2.24. The summed E-state index contributed by atoms with van der Waals surface area (Å²) in [5.74, 6) is 0. The Kier molecular flexibility index (Phi) is 18.4. The molecule has 0 atom stereocenters. The van der Waals surface area contributed by atoms with Crippen LogP contribution in [-0.2, 0) is 0 Å². The molecule has 0 fully saturated rings. The number of fused-ring (bicyclic) bond motifs is 9. The number of hydrogen-bond acceptors (Lipinski definition) is 9. The molecular formula is C113H71N9. The first-order valence-electron chi connectivity index (χ1n) is 41.0. The summed E-state index contributed by atoms with van der Waals surface area (Å²) in [6, 6.07) is 138. The maximum atomic E-state index is 4.98. The van der Waals surface area contributed by atoms with Gasteiger partial charge in [-0.25, -0.2) is 15.0 Å². The summed E-state index contributed by atoms with van der Waals surface area (Å²) in [5, 5.41) is 17.9. The molecule has 0 spiro atoms. The van der Waals surface area contributed by atoms with Crippen LogP contribution in [0.15, 0.2) is 431 Å². The molecule has 0 N–H and O–H groups in total. The molecule has 24 rings (SSSR count). The lowest BCUT2D eigenvalue weighted by Crippen LogP contribution is -1.94. The quantitative estimate of drug-likeness (QED) is 0.110. The van der Waals surface area contributed by atoms with E-state index in [0.717, 1.165) is 124 Å². The summed E-state index contributed by atoms with van der Waals surface area (Å²) in [4.78, 5) is 43.3. The Morgan fingerprint density at radius 3 is 0.877 bits per heavy atom. The fourth-order valence-corrected chi connectivity index (χ4v) is 17.6. The van der Waals surface area contributed by atoms with Crippen LogP contribution in [0.1, 0.15) is 0 Å². The fourth-order valence-electron chi connectivity index (χ4n) is 17.6. The number of aromatic nitrogens is 9. The Bertz CT molecular complexity index is 7620. The molecule has 0 saturated carbocycles. The standard InChI is InChI=1S/C39H25N3.2C37H23N3/c1-2-10-26(11-3-1)29-23-38(36-16-8-9-21-40-36)42-39(24-29)37-20-18-28(25-41-37)27-17-19-34-32-14-5-4-12-30(32)31-13-6-7-15-33(31)35(34)22-27;1-2-9-24(10-3-1)26-21-35(33-15-6-7-20-38-33)40-36(22-26)34-19-16-25(23-39-34)27-17-18-32-29-12-5-4-11-28(29)31-14-8-13-30(27)37(31)32;1-2-7-24(8-3-1)29-21-34(32-11-4-5-20-38-32)40-35(22-29)33-19-16-28(23-39-33)30-17-14-27-13-12-25-9-6-10-26-15-18-31(30)37(27)36(25)26/h1-25H;2*1-23H. The number of rotatable bonds is 12. The highest BCUT2D eigenvalue weighted by molar-refractivity contribution is 6.27. The predicted molar refractivity (Wildman–Crippen MR) is 503 cm³/mol. The van der Waals surface area contributed by atoms with Gasteiger partial charge in [0.1, 0.15) is 0 Å². The van der Waals surface area contributed by atoms with Gasteiger partial charge in [-0.2, -0.15) is 0 Å². The lowest BCUT2D eigenvalue weighted by Gasteiger charge is -2.14. The second-order valence-corrected chi connectivity index (χ2v) is 30.7.